The first-order valence-electron chi connectivity index (χ1n) is 6.00. The van der Waals surface area contributed by atoms with Crippen molar-refractivity contribution in [2.24, 2.45) is 0 Å². The van der Waals surface area contributed by atoms with Crippen LogP contribution in [0.5, 0.6) is 0 Å². The van der Waals surface area contributed by atoms with E-state index in [4.69, 9.17) is 11.6 Å². The highest BCUT2D eigenvalue weighted by Gasteiger charge is 2.28. The van der Waals surface area contributed by atoms with Crippen molar-refractivity contribution in [3.63, 3.8) is 0 Å². The van der Waals surface area contributed by atoms with Gasteiger partial charge in [0.25, 0.3) is 0 Å². The Bertz CT molecular complexity index is 630. The van der Waals surface area contributed by atoms with E-state index in [1.165, 1.54) is 0 Å². The third-order valence-electron chi connectivity index (χ3n) is 3.15. The van der Waals surface area contributed by atoms with Crippen molar-refractivity contribution in [3.8, 4) is 0 Å². The zero-order valence-corrected chi connectivity index (χ0v) is 10.8. The van der Waals surface area contributed by atoms with Crippen LogP contribution in [0.2, 0.25) is 5.02 Å². The van der Waals surface area contributed by atoms with Crippen molar-refractivity contribution >= 4 is 29.0 Å². The lowest BCUT2D eigenvalue weighted by Crippen LogP contribution is -2.23. The van der Waals surface area contributed by atoms with E-state index in [1.54, 1.807) is 18.3 Å². The highest BCUT2D eigenvalue weighted by Crippen LogP contribution is 2.32. The van der Waals surface area contributed by atoms with Crippen molar-refractivity contribution in [3.05, 3.63) is 53.2 Å². The molecule has 1 aromatic heterocycles. The minimum absolute atomic E-state index is 0.0990. The minimum Gasteiger partial charge on any atom is -0.384 e. The molecule has 1 amide bonds. The molecular formula is C14H12ClN3O. The molecule has 0 saturated carbocycles. The summed E-state index contributed by atoms with van der Waals surface area (Å²) in [6.45, 7) is 0.593. The quantitative estimate of drug-likeness (QED) is 0.885. The molecule has 5 heteroatoms. The molecule has 1 aliphatic rings. The molecule has 1 atom stereocenters. The predicted molar refractivity (Wildman–Crippen MR) is 75.5 cm³/mol. The number of carbonyl (C=O) groups excluding carboxylic acids is 1. The fourth-order valence-corrected chi connectivity index (χ4v) is 2.37. The van der Waals surface area contributed by atoms with E-state index in [-0.39, 0.29) is 11.8 Å². The Balaban J connectivity index is 1.81. The number of hydrogen-bond donors (Lipinski definition) is 2. The number of carbonyl (C=O) groups is 1. The SMILES string of the molecule is O=C(Nc1ncccc1Cl)C1CNc2ccccc21. The van der Waals surface area contributed by atoms with Gasteiger partial charge in [0.15, 0.2) is 5.82 Å². The largest absolute Gasteiger partial charge is 0.384 e. The molecule has 4 nitrogen and oxygen atoms in total. The summed E-state index contributed by atoms with van der Waals surface area (Å²) in [4.78, 5) is 16.3. The number of nitrogens with one attached hydrogen (secondary N) is 2. The van der Waals surface area contributed by atoms with Crippen LogP contribution < -0.4 is 10.6 Å². The number of amides is 1. The predicted octanol–water partition coefficient (Wildman–Crippen LogP) is 2.88. The van der Waals surface area contributed by atoms with Crippen molar-refractivity contribution in [1.29, 1.82) is 0 Å². The van der Waals surface area contributed by atoms with Crippen LogP contribution in [0.25, 0.3) is 0 Å². The number of benzene rings is 1. The molecule has 3 rings (SSSR count). The Morgan fingerprint density at radius 1 is 1.32 bits per heavy atom. The smallest absolute Gasteiger partial charge is 0.234 e. The van der Waals surface area contributed by atoms with Crippen molar-refractivity contribution in [2.75, 3.05) is 17.2 Å². The standard InChI is InChI=1S/C14H12ClN3O/c15-11-5-3-7-16-13(11)18-14(19)10-8-17-12-6-2-1-4-9(10)12/h1-7,10,17H,8H2,(H,16,18,19). The Kier molecular flexibility index (Phi) is 3.09. The highest BCUT2D eigenvalue weighted by molar-refractivity contribution is 6.33. The van der Waals surface area contributed by atoms with Crippen molar-refractivity contribution < 1.29 is 4.79 Å². The molecule has 0 bridgehead atoms. The number of para-hydroxylation sites is 1. The number of aromatic nitrogens is 1. The first-order chi connectivity index (χ1) is 9.25. The Labute approximate surface area is 115 Å². The summed E-state index contributed by atoms with van der Waals surface area (Å²) in [5, 5.41) is 6.43. The zero-order valence-electron chi connectivity index (χ0n) is 10.1. The molecule has 1 unspecified atom stereocenters. The number of halogens is 1. The minimum atomic E-state index is -0.214. The zero-order chi connectivity index (χ0) is 13.2. The van der Waals surface area contributed by atoms with Gasteiger partial charge in [0.2, 0.25) is 5.91 Å². The molecule has 0 saturated heterocycles. The van der Waals surface area contributed by atoms with Gasteiger partial charge in [-0.2, -0.15) is 0 Å². The number of rotatable bonds is 2. The molecule has 2 N–H and O–H groups in total. The summed E-state index contributed by atoms with van der Waals surface area (Å²) >= 11 is 5.98. The first-order valence-corrected chi connectivity index (χ1v) is 6.37. The lowest BCUT2D eigenvalue weighted by molar-refractivity contribution is -0.117. The summed E-state index contributed by atoms with van der Waals surface area (Å²) in [5.74, 6) is 0.0888. The Hall–Kier alpha value is -2.07. The van der Waals surface area contributed by atoms with Crippen LogP contribution in [0.4, 0.5) is 11.5 Å². The number of anilines is 2. The normalized spacial score (nSPS) is 16.6. The van der Waals surface area contributed by atoms with Crippen LogP contribution in [-0.2, 0) is 4.79 Å². The third-order valence-corrected chi connectivity index (χ3v) is 3.45. The van der Waals surface area contributed by atoms with E-state index >= 15 is 0 Å². The number of hydrogen-bond acceptors (Lipinski definition) is 3. The van der Waals surface area contributed by atoms with Gasteiger partial charge >= 0.3 is 0 Å². The Morgan fingerprint density at radius 2 is 2.16 bits per heavy atom. The summed E-state index contributed by atoms with van der Waals surface area (Å²) in [6, 6.07) is 11.2. The van der Waals surface area contributed by atoms with E-state index in [2.05, 4.69) is 15.6 Å². The van der Waals surface area contributed by atoms with Gasteiger partial charge in [0.1, 0.15) is 0 Å². The maximum atomic E-state index is 12.3. The van der Waals surface area contributed by atoms with Crippen LogP contribution in [0, 0.1) is 0 Å². The Morgan fingerprint density at radius 3 is 3.00 bits per heavy atom. The second kappa shape index (κ2) is 4.90. The summed E-state index contributed by atoms with van der Waals surface area (Å²) in [7, 11) is 0. The van der Waals surface area contributed by atoms with E-state index in [9.17, 15) is 4.79 Å². The average Bonchev–Trinajstić information content (AvgIpc) is 2.85. The molecule has 96 valence electrons. The van der Waals surface area contributed by atoms with Gasteiger partial charge in [-0.1, -0.05) is 29.8 Å². The monoisotopic (exact) mass is 273 g/mol. The molecule has 0 radical (unpaired) electrons. The van der Waals surface area contributed by atoms with E-state index < -0.39 is 0 Å². The molecule has 1 aromatic carbocycles. The van der Waals surface area contributed by atoms with Gasteiger partial charge in [0, 0.05) is 18.4 Å². The fraction of sp³-hybridized carbons (Fsp3) is 0.143. The molecule has 19 heavy (non-hydrogen) atoms. The molecule has 0 aliphatic carbocycles. The lowest BCUT2D eigenvalue weighted by atomic mass is 10.0. The van der Waals surface area contributed by atoms with Crippen LogP contribution in [0.1, 0.15) is 11.5 Å². The summed E-state index contributed by atoms with van der Waals surface area (Å²) < 4.78 is 0. The van der Waals surface area contributed by atoms with Crippen LogP contribution in [0.3, 0.4) is 0 Å². The van der Waals surface area contributed by atoms with Gasteiger partial charge in [-0.3, -0.25) is 4.79 Å². The van der Waals surface area contributed by atoms with Crippen LogP contribution in [-0.4, -0.2) is 17.4 Å². The molecule has 1 aliphatic heterocycles. The van der Waals surface area contributed by atoms with Crippen molar-refractivity contribution in [2.45, 2.75) is 5.92 Å². The van der Waals surface area contributed by atoms with Gasteiger partial charge in [-0.15, -0.1) is 0 Å². The summed E-state index contributed by atoms with van der Waals surface area (Å²) in [5.41, 5.74) is 2.02. The van der Waals surface area contributed by atoms with Gasteiger partial charge < -0.3 is 10.6 Å². The topological polar surface area (TPSA) is 54.0 Å². The summed E-state index contributed by atoms with van der Waals surface area (Å²) in [6.07, 6.45) is 1.60. The molecule has 2 aromatic rings. The lowest BCUT2D eigenvalue weighted by Gasteiger charge is -2.11. The molecular weight excluding hydrogens is 262 g/mol. The molecule has 0 spiro atoms. The second-order valence-corrected chi connectivity index (χ2v) is 4.75. The highest BCUT2D eigenvalue weighted by atomic mass is 35.5. The van der Waals surface area contributed by atoms with Crippen molar-refractivity contribution in [1.82, 2.24) is 4.98 Å². The number of pyridine rings is 1. The van der Waals surface area contributed by atoms with Crippen LogP contribution in [0.15, 0.2) is 42.6 Å². The van der Waals surface area contributed by atoms with E-state index in [0.717, 1.165) is 11.3 Å². The first kappa shape index (κ1) is 12.0. The maximum Gasteiger partial charge on any atom is 0.234 e. The third kappa shape index (κ3) is 2.27. The number of fused-ring (bicyclic) bond motifs is 1. The molecule has 0 fully saturated rings. The van der Waals surface area contributed by atoms with Gasteiger partial charge in [-0.25, -0.2) is 4.98 Å². The van der Waals surface area contributed by atoms with E-state index in [0.29, 0.717) is 17.4 Å². The molecule has 2 heterocycles. The van der Waals surface area contributed by atoms with Gasteiger partial charge in [-0.05, 0) is 23.8 Å². The van der Waals surface area contributed by atoms with Crippen LogP contribution >= 0.6 is 11.6 Å². The van der Waals surface area contributed by atoms with Gasteiger partial charge in [0.05, 0.1) is 10.9 Å². The average molecular weight is 274 g/mol. The van der Waals surface area contributed by atoms with E-state index in [1.807, 2.05) is 24.3 Å². The number of nitrogens with zero attached hydrogens (tertiary/aromatic N) is 1. The maximum absolute atomic E-state index is 12.3. The fourth-order valence-electron chi connectivity index (χ4n) is 2.20. The second-order valence-electron chi connectivity index (χ2n) is 4.34.